The van der Waals surface area contributed by atoms with Gasteiger partial charge in [0, 0.05) is 25.0 Å². The zero-order chi connectivity index (χ0) is 24.3. The van der Waals surface area contributed by atoms with Gasteiger partial charge in [0.25, 0.3) is 0 Å². The molecule has 0 aromatic heterocycles. The number of phenolic OH excluding ortho intramolecular Hbond substituents is 1. The zero-order valence-electron chi connectivity index (χ0n) is 20.0. The number of carbonyl (C=O) groups is 1. The molecular formula is C25H33FO7. The standard InChI is InChI=1S/C25H33FO7/c1-14-10-19(26)15(2)23-20(32-25(4,5)33-23)9-7-8-17-11-18(27)12-21(30-13-29-6)22(17)24(28)31-16(14)3/h7-8,10-12,14-16,20,23,27H,9,13H2,1-6H3/b8-7+,19-10+/t14-,15?,16+,20?,23?/m1/s1. The number of rotatable bonds is 3. The highest BCUT2D eigenvalue weighted by molar-refractivity contribution is 5.97. The molecule has 1 N–H and O–H groups in total. The van der Waals surface area contributed by atoms with Crippen LogP contribution in [0.3, 0.4) is 0 Å². The van der Waals surface area contributed by atoms with E-state index in [0.29, 0.717) is 12.0 Å². The molecule has 1 saturated heterocycles. The van der Waals surface area contributed by atoms with Crippen LogP contribution in [0, 0.1) is 11.8 Å². The highest BCUT2D eigenvalue weighted by Crippen LogP contribution is 2.38. The monoisotopic (exact) mass is 464 g/mol. The fourth-order valence-electron chi connectivity index (χ4n) is 4.04. The number of methoxy groups -OCH3 is 1. The van der Waals surface area contributed by atoms with Crippen molar-refractivity contribution in [3.8, 4) is 11.5 Å². The Hall–Kier alpha value is -2.42. The number of phenols is 1. The van der Waals surface area contributed by atoms with E-state index in [-0.39, 0.29) is 29.7 Å². The number of carbonyl (C=O) groups excluding carboxylic acids is 1. The fourth-order valence-corrected chi connectivity index (χ4v) is 4.04. The molecule has 0 spiro atoms. The summed E-state index contributed by atoms with van der Waals surface area (Å²) in [6.45, 7) is 8.74. The van der Waals surface area contributed by atoms with E-state index >= 15 is 4.39 Å². The molecule has 0 saturated carbocycles. The van der Waals surface area contributed by atoms with Crippen LogP contribution in [0.4, 0.5) is 4.39 Å². The van der Waals surface area contributed by atoms with E-state index in [9.17, 15) is 9.90 Å². The molecule has 8 heteroatoms. The Morgan fingerprint density at radius 1 is 1.21 bits per heavy atom. The quantitative estimate of drug-likeness (QED) is 0.499. The van der Waals surface area contributed by atoms with Crippen LogP contribution in [0.2, 0.25) is 0 Å². The molecule has 7 nitrogen and oxygen atoms in total. The number of halogens is 1. The Morgan fingerprint density at radius 3 is 2.64 bits per heavy atom. The van der Waals surface area contributed by atoms with E-state index in [0.717, 1.165) is 0 Å². The van der Waals surface area contributed by atoms with E-state index in [4.69, 9.17) is 23.7 Å². The number of aromatic hydroxyl groups is 1. The zero-order valence-corrected chi connectivity index (χ0v) is 20.0. The van der Waals surface area contributed by atoms with Crippen LogP contribution in [-0.2, 0) is 18.9 Å². The van der Waals surface area contributed by atoms with Crippen molar-refractivity contribution in [2.45, 2.75) is 65.1 Å². The molecule has 1 fully saturated rings. The predicted octanol–water partition coefficient (Wildman–Crippen LogP) is 4.98. The minimum atomic E-state index is -0.846. The third-order valence-corrected chi connectivity index (χ3v) is 5.92. The number of cyclic esters (lactones) is 1. The molecule has 2 heterocycles. The van der Waals surface area contributed by atoms with Crippen molar-refractivity contribution in [3.63, 3.8) is 0 Å². The Bertz CT molecular complexity index is 924. The van der Waals surface area contributed by atoms with Crippen LogP contribution < -0.4 is 4.74 Å². The van der Waals surface area contributed by atoms with Gasteiger partial charge < -0.3 is 28.8 Å². The van der Waals surface area contributed by atoms with Crippen molar-refractivity contribution in [1.29, 1.82) is 0 Å². The average Bonchev–Trinajstić information content (AvgIpc) is 3.04. The lowest BCUT2D eigenvalue weighted by Gasteiger charge is -2.24. The van der Waals surface area contributed by atoms with Gasteiger partial charge in [-0.3, -0.25) is 0 Å². The highest BCUT2D eigenvalue weighted by Gasteiger charge is 2.44. The SMILES string of the molecule is COCOc1cc(O)cc2c1C(=O)O[C@@H](C)[C@H](C)/C=C(/F)C(C)C1OC(C)(C)OC1C/C=C/2. The Balaban J connectivity index is 2.07. The van der Waals surface area contributed by atoms with Gasteiger partial charge in [-0.1, -0.05) is 26.0 Å². The van der Waals surface area contributed by atoms with Crippen LogP contribution >= 0.6 is 0 Å². The largest absolute Gasteiger partial charge is 0.508 e. The first-order valence-corrected chi connectivity index (χ1v) is 11.1. The van der Waals surface area contributed by atoms with E-state index in [1.165, 1.54) is 25.3 Å². The average molecular weight is 465 g/mol. The van der Waals surface area contributed by atoms with Gasteiger partial charge in [0.1, 0.15) is 29.0 Å². The van der Waals surface area contributed by atoms with Crippen molar-refractivity contribution in [2.75, 3.05) is 13.9 Å². The number of esters is 1. The van der Waals surface area contributed by atoms with Crippen molar-refractivity contribution in [1.82, 2.24) is 0 Å². The molecule has 33 heavy (non-hydrogen) atoms. The first kappa shape index (κ1) is 25.2. The third kappa shape index (κ3) is 5.93. The Morgan fingerprint density at radius 2 is 1.94 bits per heavy atom. The molecule has 5 atom stereocenters. The molecular weight excluding hydrogens is 431 g/mol. The lowest BCUT2D eigenvalue weighted by atomic mass is 9.93. The number of benzene rings is 1. The first-order valence-electron chi connectivity index (χ1n) is 11.1. The molecule has 3 rings (SSSR count). The summed E-state index contributed by atoms with van der Waals surface area (Å²) >= 11 is 0. The van der Waals surface area contributed by atoms with Crippen molar-refractivity contribution >= 4 is 12.0 Å². The summed E-state index contributed by atoms with van der Waals surface area (Å²) in [4.78, 5) is 13.1. The van der Waals surface area contributed by atoms with Crippen LogP contribution in [0.5, 0.6) is 11.5 Å². The summed E-state index contributed by atoms with van der Waals surface area (Å²) in [5, 5.41) is 10.2. The van der Waals surface area contributed by atoms with Gasteiger partial charge in [-0.25, -0.2) is 9.18 Å². The second kappa shape index (κ2) is 10.2. The summed E-state index contributed by atoms with van der Waals surface area (Å²) in [5.41, 5.74) is 0.572. The van der Waals surface area contributed by atoms with Gasteiger partial charge in [-0.15, -0.1) is 0 Å². The molecule has 1 aromatic rings. The van der Waals surface area contributed by atoms with Gasteiger partial charge in [-0.2, -0.15) is 0 Å². The second-order valence-corrected chi connectivity index (χ2v) is 9.05. The van der Waals surface area contributed by atoms with Gasteiger partial charge in [0.2, 0.25) is 0 Å². The summed E-state index contributed by atoms with van der Waals surface area (Å²) in [6.07, 6.45) is 3.88. The van der Waals surface area contributed by atoms with Gasteiger partial charge in [0.05, 0.1) is 12.2 Å². The maximum absolute atomic E-state index is 15.2. The van der Waals surface area contributed by atoms with Crippen LogP contribution in [-0.4, -0.2) is 49.1 Å². The summed E-state index contributed by atoms with van der Waals surface area (Å²) in [7, 11) is 1.45. The maximum Gasteiger partial charge on any atom is 0.342 e. The number of ether oxygens (including phenoxy) is 5. The fraction of sp³-hybridized carbons (Fsp3) is 0.560. The maximum atomic E-state index is 15.2. The predicted molar refractivity (Wildman–Crippen MR) is 120 cm³/mol. The Labute approximate surface area is 194 Å². The molecule has 3 unspecified atom stereocenters. The summed E-state index contributed by atoms with van der Waals surface area (Å²) < 4.78 is 43.4. The minimum absolute atomic E-state index is 0.0714. The lowest BCUT2D eigenvalue weighted by molar-refractivity contribution is -0.149. The van der Waals surface area contributed by atoms with E-state index in [2.05, 4.69) is 0 Å². The summed E-state index contributed by atoms with van der Waals surface area (Å²) in [5.74, 6) is -2.70. The molecule has 182 valence electrons. The molecule has 2 aliphatic heterocycles. The van der Waals surface area contributed by atoms with Crippen LogP contribution in [0.1, 0.15) is 57.0 Å². The van der Waals surface area contributed by atoms with Crippen molar-refractivity contribution < 1.29 is 38.0 Å². The number of hydrogen-bond donors (Lipinski definition) is 1. The molecule has 1 aromatic carbocycles. The number of fused-ring (bicyclic) bond motifs is 2. The third-order valence-electron chi connectivity index (χ3n) is 5.92. The Kier molecular flexibility index (Phi) is 7.82. The second-order valence-electron chi connectivity index (χ2n) is 9.05. The molecule has 2 aliphatic rings. The van der Waals surface area contributed by atoms with Gasteiger partial charge in [0.15, 0.2) is 12.6 Å². The van der Waals surface area contributed by atoms with Crippen molar-refractivity contribution in [2.24, 2.45) is 11.8 Å². The van der Waals surface area contributed by atoms with Gasteiger partial charge >= 0.3 is 5.97 Å². The topological polar surface area (TPSA) is 83.5 Å². The molecule has 0 bridgehead atoms. The van der Waals surface area contributed by atoms with E-state index in [1.807, 2.05) is 0 Å². The summed E-state index contributed by atoms with van der Waals surface area (Å²) in [6, 6.07) is 2.79. The molecule has 0 aliphatic carbocycles. The molecule has 0 radical (unpaired) electrons. The van der Waals surface area contributed by atoms with E-state index < -0.39 is 41.9 Å². The van der Waals surface area contributed by atoms with E-state index in [1.54, 1.807) is 46.8 Å². The normalized spacial score (nSPS) is 32.5. The molecule has 0 amide bonds. The lowest BCUT2D eigenvalue weighted by Crippen LogP contribution is -2.30. The minimum Gasteiger partial charge on any atom is -0.508 e. The smallest absolute Gasteiger partial charge is 0.342 e. The highest BCUT2D eigenvalue weighted by atomic mass is 19.1. The van der Waals surface area contributed by atoms with Gasteiger partial charge in [-0.05, 0) is 44.9 Å². The van der Waals surface area contributed by atoms with Crippen LogP contribution in [0.25, 0.3) is 6.08 Å². The van der Waals surface area contributed by atoms with Crippen molar-refractivity contribution in [3.05, 3.63) is 41.2 Å². The number of hydrogen-bond acceptors (Lipinski definition) is 7. The van der Waals surface area contributed by atoms with Crippen LogP contribution in [0.15, 0.2) is 30.1 Å². The first-order chi connectivity index (χ1) is 15.5.